The number of hydrogen-bond donors (Lipinski definition) is 2. The van der Waals surface area contributed by atoms with Gasteiger partial charge in [-0.1, -0.05) is 0 Å². The summed E-state index contributed by atoms with van der Waals surface area (Å²) in [6, 6.07) is 4.14. The number of rotatable bonds is 3. The first-order valence-corrected chi connectivity index (χ1v) is 5.55. The van der Waals surface area contributed by atoms with E-state index in [-0.39, 0.29) is 5.84 Å². The topological polar surface area (TPSA) is 80.6 Å². The molecular formula is C10H10FN5S. The largest absolute Gasteiger partial charge is 0.384 e. The molecule has 1 heterocycles. The number of benzene rings is 1. The van der Waals surface area contributed by atoms with E-state index in [0.29, 0.717) is 15.6 Å². The third-order valence-electron chi connectivity index (χ3n) is 2.10. The molecule has 0 amide bonds. The molecule has 0 aliphatic heterocycles. The first-order chi connectivity index (χ1) is 8.08. The molecule has 2 rings (SSSR count). The molecule has 0 unspecified atom stereocenters. The van der Waals surface area contributed by atoms with Crippen LogP contribution in [0.15, 0.2) is 34.6 Å². The second-order valence-electron chi connectivity index (χ2n) is 3.32. The predicted molar refractivity (Wildman–Crippen MR) is 62.5 cm³/mol. The fraction of sp³-hybridized carbons (Fsp3) is 0.100. The summed E-state index contributed by atoms with van der Waals surface area (Å²) in [4.78, 5) is 4.72. The van der Waals surface area contributed by atoms with Crippen LogP contribution in [0.5, 0.6) is 0 Å². The average molecular weight is 251 g/mol. The van der Waals surface area contributed by atoms with E-state index in [0.717, 1.165) is 0 Å². The summed E-state index contributed by atoms with van der Waals surface area (Å²) in [5.74, 6) is -0.591. The fourth-order valence-corrected chi connectivity index (χ4v) is 2.17. The molecule has 0 aliphatic carbocycles. The second-order valence-corrected chi connectivity index (χ2v) is 4.33. The van der Waals surface area contributed by atoms with Crippen molar-refractivity contribution in [3.63, 3.8) is 0 Å². The Morgan fingerprint density at radius 1 is 1.53 bits per heavy atom. The number of nitrogens with zero attached hydrogens (tertiary/aromatic N) is 3. The summed E-state index contributed by atoms with van der Waals surface area (Å²) in [6.07, 6.45) is 1.43. The summed E-state index contributed by atoms with van der Waals surface area (Å²) in [7, 11) is 1.76. The van der Waals surface area contributed by atoms with Gasteiger partial charge in [0.1, 0.15) is 18.0 Å². The molecule has 1 aromatic carbocycles. The van der Waals surface area contributed by atoms with Crippen molar-refractivity contribution in [2.24, 2.45) is 12.8 Å². The van der Waals surface area contributed by atoms with Crippen molar-refractivity contribution in [3.05, 3.63) is 35.9 Å². The second kappa shape index (κ2) is 4.54. The number of nitrogens with two attached hydrogens (primary N) is 1. The molecule has 88 valence electrons. The Morgan fingerprint density at radius 3 is 2.88 bits per heavy atom. The zero-order valence-electron chi connectivity index (χ0n) is 9.01. The van der Waals surface area contributed by atoms with Crippen LogP contribution >= 0.6 is 11.8 Å². The summed E-state index contributed by atoms with van der Waals surface area (Å²) < 4.78 is 14.7. The van der Waals surface area contributed by atoms with Gasteiger partial charge in [0.05, 0.1) is 0 Å². The minimum Gasteiger partial charge on any atom is -0.384 e. The van der Waals surface area contributed by atoms with Gasteiger partial charge >= 0.3 is 0 Å². The van der Waals surface area contributed by atoms with E-state index in [4.69, 9.17) is 11.1 Å². The van der Waals surface area contributed by atoms with Gasteiger partial charge in [-0.15, -0.1) is 0 Å². The molecule has 17 heavy (non-hydrogen) atoms. The fourth-order valence-electron chi connectivity index (χ4n) is 1.28. The molecule has 0 radical (unpaired) electrons. The van der Waals surface area contributed by atoms with Crippen LogP contribution in [-0.4, -0.2) is 20.6 Å². The van der Waals surface area contributed by atoms with E-state index in [1.54, 1.807) is 17.8 Å². The molecule has 0 fully saturated rings. The van der Waals surface area contributed by atoms with Crippen LogP contribution < -0.4 is 5.73 Å². The Balaban J connectivity index is 2.39. The highest BCUT2D eigenvalue weighted by Crippen LogP contribution is 2.28. The molecule has 0 atom stereocenters. The van der Waals surface area contributed by atoms with E-state index in [1.165, 1.54) is 30.2 Å². The smallest absolute Gasteiger partial charge is 0.190 e. The van der Waals surface area contributed by atoms with Crippen LogP contribution in [0, 0.1) is 11.2 Å². The highest BCUT2D eigenvalue weighted by Gasteiger charge is 2.11. The third kappa shape index (κ3) is 2.44. The highest BCUT2D eigenvalue weighted by atomic mass is 32.2. The molecule has 3 N–H and O–H groups in total. The van der Waals surface area contributed by atoms with Gasteiger partial charge in [-0.05, 0) is 30.0 Å². The minimum absolute atomic E-state index is 0.172. The average Bonchev–Trinajstić information content (AvgIpc) is 2.67. The maximum atomic E-state index is 13.1. The van der Waals surface area contributed by atoms with E-state index in [1.807, 2.05) is 0 Å². The van der Waals surface area contributed by atoms with Crippen LogP contribution in [0.1, 0.15) is 5.56 Å². The number of nitrogens with one attached hydrogen (secondary N) is 1. The van der Waals surface area contributed by atoms with Crippen molar-refractivity contribution in [3.8, 4) is 0 Å². The number of aromatic nitrogens is 3. The highest BCUT2D eigenvalue weighted by molar-refractivity contribution is 7.99. The molecule has 0 aliphatic rings. The quantitative estimate of drug-likeness (QED) is 0.638. The van der Waals surface area contributed by atoms with Crippen LogP contribution in [0.25, 0.3) is 0 Å². The van der Waals surface area contributed by atoms with E-state index in [9.17, 15) is 4.39 Å². The van der Waals surface area contributed by atoms with Gasteiger partial charge < -0.3 is 5.73 Å². The number of halogens is 1. The Hall–Kier alpha value is -1.89. The maximum Gasteiger partial charge on any atom is 0.190 e. The first-order valence-electron chi connectivity index (χ1n) is 4.73. The molecule has 0 saturated heterocycles. The van der Waals surface area contributed by atoms with Crippen molar-refractivity contribution < 1.29 is 4.39 Å². The lowest BCUT2D eigenvalue weighted by Gasteiger charge is -2.07. The van der Waals surface area contributed by atoms with Crippen molar-refractivity contribution in [2.75, 3.05) is 0 Å². The van der Waals surface area contributed by atoms with Crippen LogP contribution in [-0.2, 0) is 7.05 Å². The van der Waals surface area contributed by atoms with Gasteiger partial charge in [0.25, 0.3) is 0 Å². The lowest BCUT2D eigenvalue weighted by Crippen LogP contribution is -2.12. The molecule has 7 heteroatoms. The molecule has 0 bridgehead atoms. The number of hydrogen-bond acceptors (Lipinski definition) is 4. The molecule has 1 aromatic heterocycles. The van der Waals surface area contributed by atoms with Crippen molar-refractivity contribution in [1.82, 2.24) is 14.8 Å². The Bertz CT molecular complexity index is 566. The van der Waals surface area contributed by atoms with Gasteiger partial charge in [-0.25, -0.2) is 14.1 Å². The van der Waals surface area contributed by atoms with Crippen LogP contribution in [0.3, 0.4) is 0 Å². The summed E-state index contributed by atoms with van der Waals surface area (Å²) in [5, 5.41) is 12.0. The predicted octanol–water partition coefficient (Wildman–Crippen LogP) is 1.39. The monoisotopic (exact) mass is 251 g/mol. The SMILES string of the molecule is Cn1ncnc1Sc1ccc(F)cc1C(=N)N. The summed E-state index contributed by atoms with van der Waals surface area (Å²) >= 11 is 1.29. The maximum absolute atomic E-state index is 13.1. The molecule has 5 nitrogen and oxygen atoms in total. The van der Waals surface area contributed by atoms with Crippen molar-refractivity contribution in [2.45, 2.75) is 10.1 Å². The van der Waals surface area contributed by atoms with Gasteiger partial charge in [0.2, 0.25) is 0 Å². The lowest BCUT2D eigenvalue weighted by molar-refractivity contribution is 0.626. The Kier molecular flexibility index (Phi) is 3.10. The van der Waals surface area contributed by atoms with E-state index >= 15 is 0 Å². The zero-order chi connectivity index (χ0) is 12.4. The van der Waals surface area contributed by atoms with Crippen molar-refractivity contribution >= 4 is 17.6 Å². The number of amidine groups is 1. The minimum atomic E-state index is -0.419. The summed E-state index contributed by atoms with van der Waals surface area (Å²) in [5.41, 5.74) is 5.77. The molecule has 2 aromatic rings. The first kappa shape index (κ1) is 11.6. The van der Waals surface area contributed by atoms with Gasteiger partial charge in [-0.2, -0.15) is 5.10 Å². The Labute approximate surface area is 101 Å². The number of nitrogen functional groups attached to an aromatic ring is 1. The van der Waals surface area contributed by atoms with E-state index < -0.39 is 5.82 Å². The van der Waals surface area contributed by atoms with Gasteiger partial charge in [0, 0.05) is 17.5 Å². The zero-order valence-corrected chi connectivity index (χ0v) is 9.83. The van der Waals surface area contributed by atoms with Gasteiger partial charge in [0.15, 0.2) is 5.16 Å². The standard InChI is InChI=1S/C10H10FN5S/c1-16-10(14-5-15-16)17-8-3-2-6(11)4-7(8)9(12)13/h2-5H,1H3,(H3,12,13). The third-order valence-corrected chi connectivity index (χ3v) is 3.23. The summed E-state index contributed by atoms with van der Waals surface area (Å²) in [6.45, 7) is 0. The molecule has 0 spiro atoms. The number of aryl methyl sites for hydroxylation is 1. The Morgan fingerprint density at radius 2 is 2.29 bits per heavy atom. The van der Waals surface area contributed by atoms with Crippen molar-refractivity contribution in [1.29, 1.82) is 5.41 Å². The van der Waals surface area contributed by atoms with Crippen LogP contribution in [0.2, 0.25) is 0 Å². The molecule has 0 saturated carbocycles. The lowest BCUT2D eigenvalue weighted by atomic mass is 10.2. The van der Waals surface area contributed by atoms with Gasteiger partial charge in [-0.3, -0.25) is 5.41 Å². The van der Waals surface area contributed by atoms with Crippen LogP contribution in [0.4, 0.5) is 4.39 Å². The normalized spacial score (nSPS) is 10.5. The van der Waals surface area contributed by atoms with E-state index in [2.05, 4.69) is 10.1 Å². The molecular weight excluding hydrogens is 241 g/mol.